The molecule has 5 heteroatoms. The fourth-order valence-electron chi connectivity index (χ4n) is 2.12. The van der Waals surface area contributed by atoms with E-state index in [2.05, 4.69) is 5.32 Å². The Morgan fingerprint density at radius 1 is 1.33 bits per heavy atom. The lowest BCUT2D eigenvalue weighted by Gasteiger charge is -2.08. The average Bonchev–Trinajstić information content (AvgIpc) is 3.19. The fraction of sp³-hybridized carbons (Fsp3) is 0.615. The maximum Gasteiger partial charge on any atom is 0.265 e. The number of nitrogens with one attached hydrogen (secondary N) is 1. The third kappa shape index (κ3) is 2.07. The molecule has 0 bridgehead atoms. The van der Waals surface area contributed by atoms with E-state index in [1.165, 1.54) is 42.6 Å². The molecule has 1 heterocycles. The van der Waals surface area contributed by atoms with Crippen molar-refractivity contribution in [2.75, 3.05) is 25.1 Å². The largest absolute Gasteiger partial charge is 0.397 e. The number of thiophene rings is 1. The summed E-state index contributed by atoms with van der Waals surface area (Å²) in [7, 11) is 3.54. The molecule has 0 spiro atoms. The van der Waals surface area contributed by atoms with Crippen molar-refractivity contribution in [3.05, 3.63) is 10.4 Å². The van der Waals surface area contributed by atoms with Crippen LogP contribution in [0.3, 0.4) is 0 Å². The number of hydrogen-bond acceptors (Lipinski definition) is 4. The van der Waals surface area contributed by atoms with Crippen LogP contribution in [-0.4, -0.2) is 30.9 Å². The highest BCUT2D eigenvalue weighted by atomic mass is 32.1. The number of carbonyl (C=O) groups is 1. The minimum atomic E-state index is 0.0169. The smallest absolute Gasteiger partial charge is 0.265 e. The molecule has 3 rings (SSSR count). The number of carbonyl (C=O) groups excluding carboxylic acids is 1. The van der Waals surface area contributed by atoms with Crippen LogP contribution >= 0.6 is 11.3 Å². The first-order valence-corrected chi connectivity index (χ1v) is 7.30. The second-order valence-electron chi connectivity index (χ2n) is 5.48. The molecule has 0 aromatic carbocycles. The second-order valence-corrected chi connectivity index (χ2v) is 6.50. The van der Waals surface area contributed by atoms with E-state index in [1.54, 1.807) is 19.0 Å². The molecule has 2 aliphatic carbocycles. The molecule has 1 aromatic heterocycles. The SMILES string of the molecule is CN(C)C(=O)c1sc(NC2CC2)c(C2CC2)c1N. The van der Waals surface area contributed by atoms with Gasteiger partial charge in [0.25, 0.3) is 5.91 Å². The van der Waals surface area contributed by atoms with Gasteiger partial charge < -0.3 is 16.0 Å². The summed E-state index contributed by atoms with van der Waals surface area (Å²) in [5.41, 5.74) is 8.12. The number of hydrogen-bond donors (Lipinski definition) is 2. The lowest BCUT2D eigenvalue weighted by atomic mass is 10.1. The van der Waals surface area contributed by atoms with E-state index in [9.17, 15) is 4.79 Å². The highest BCUT2D eigenvalue weighted by Gasteiger charge is 2.34. The minimum Gasteiger partial charge on any atom is -0.397 e. The van der Waals surface area contributed by atoms with Crippen LogP contribution in [0.2, 0.25) is 0 Å². The van der Waals surface area contributed by atoms with Gasteiger partial charge in [0.15, 0.2) is 0 Å². The van der Waals surface area contributed by atoms with Gasteiger partial charge in [-0.25, -0.2) is 0 Å². The van der Waals surface area contributed by atoms with Crippen molar-refractivity contribution in [2.45, 2.75) is 37.6 Å². The average molecular weight is 265 g/mol. The van der Waals surface area contributed by atoms with E-state index in [-0.39, 0.29) is 5.91 Å². The van der Waals surface area contributed by atoms with Crippen LogP contribution < -0.4 is 11.1 Å². The molecule has 1 amide bonds. The molecule has 2 saturated carbocycles. The van der Waals surface area contributed by atoms with Gasteiger partial charge in [-0.2, -0.15) is 0 Å². The summed E-state index contributed by atoms with van der Waals surface area (Å²) in [6.45, 7) is 0. The van der Waals surface area contributed by atoms with Crippen LogP contribution in [0.15, 0.2) is 0 Å². The molecular formula is C13H19N3OS. The Hall–Kier alpha value is -1.23. The molecule has 1 aromatic rings. The Labute approximate surface area is 111 Å². The molecule has 0 radical (unpaired) electrons. The highest BCUT2D eigenvalue weighted by molar-refractivity contribution is 7.18. The monoisotopic (exact) mass is 265 g/mol. The van der Waals surface area contributed by atoms with Gasteiger partial charge in [0, 0.05) is 25.7 Å². The number of nitrogen functional groups attached to an aromatic ring is 1. The lowest BCUT2D eigenvalue weighted by Crippen LogP contribution is -2.21. The predicted molar refractivity (Wildman–Crippen MR) is 75.4 cm³/mol. The second kappa shape index (κ2) is 4.16. The molecule has 4 nitrogen and oxygen atoms in total. The van der Waals surface area contributed by atoms with Gasteiger partial charge in [-0.15, -0.1) is 11.3 Å². The van der Waals surface area contributed by atoms with E-state index < -0.39 is 0 Å². The predicted octanol–water partition coefficient (Wildman–Crippen LogP) is 2.48. The van der Waals surface area contributed by atoms with E-state index in [4.69, 9.17) is 5.73 Å². The normalized spacial score (nSPS) is 18.8. The summed E-state index contributed by atoms with van der Waals surface area (Å²) < 4.78 is 0. The van der Waals surface area contributed by atoms with Crippen LogP contribution in [-0.2, 0) is 0 Å². The van der Waals surface area contributed by atoms with Gasteiger partial charge in [-0.05, 0) is 31.6 Å². The Bertz CT molecular complexity index is 487. The van der Waals surface area contributed by atoms with E-state index in [0.29, 0.717) is 22.5 Å². The van der Waals surface area contributed by atoms with Crippen molar-refractivity contribution in [3.63, 3.8) is 0 Å². The molecule has 0 saturated heterocycles. The maximum absolute atomic E-state index is 12.1. The Morgan fingerprint density at radius 2 is 2.00 bits per heavy atom. The number of nitrogens with two attached hydrogens (primary N) is 1. The summed E-state index contributed by atoms with van der Waals surface area (Å²) in [6, 6.07) is 0.600. The number of anilines is 2. The standard InChI is InChI=1S/C13H19N3OS/c1-16(2)13(17)11-10(14)9(7-3-4-7)12(18-11)15-8-5-6-8/h7-8,15H,3-6,14H2,1-2H3. The van der Waals surface area contributed by atoms with E-state index in [1.807, 2.05) is 0 Å². The third-order valence-corrected chi connectivity index (χ3v) is 4.62. The van der Waals surface area contributed by atoms with Crippen LogP contribution in [0.1, 0.15) is 46.8 Å². The van der Waals surface area contributed by atoms with Crippen molar-refractivity contribution in [2.24, 2.45) is 0 Å². The first kappa shape index (κ1) is 11.8. The zero-order valence-electron chi connectivity index (χ0n) is 10.8. The fourth-order valence-corrected chi connectivity index (χ4v) is 3.42. The van der Waals surface area contributed by atoms with Gasteiger partial charge >= 0.3 is 0 Å². The summed E-state index contributed by atoms with van der Waals surface area (Å²) in [5.74, 6) is 0.592. The first-order valence-electron chi connectivity index (χ1n) is 6.48. The maximum atomic E-state index is 12.1. The number of nitrogens with zero attached hydrogens (tertiary/aromatic N) is 1. The highest BCUT2D eigenvalue weighted by Crippen LogP contribution is 2.51. The third-order valence-electron chi connectivity index (χ3n) is 3.48. The zero-order chi connectivity index (χ0) is 12.9. The molecule has 98 valence electrons. The van der Waals surface area contributed by atoms with Gasteiger partial charge in [-0.3, -0.25) is 4.79 Å². The molecular weight excluding hydrogens is 246 g/mol. The van der Waals surface area contributed by atoms with Crippen LogP contribution in [0, 0.1) is 0 Å². The van der Waals surface area contributed by atoms with Crippen molar-refractivity contribution in [1.29, 1.82) is 0 Å². The lowest BCUT2D eigenvalue weighted by molar-refractivity contribution is 0.0833. The van der Waals surface area contributed by atoms with Gasteiger partial charge in [-0.1, -0.05) is 0 Å². The van der Waals surface area contributed by atoms with Crippen LogP contribution in [0.25, 0.3) is 0 Å². The van der Waals surface area contributed by atoms with Crippen molar-refractivity contribution >= 4 is 27.9 Å². The van der Waals surface area contributed by atoms with Crippen LogP contribution in [0.4, 0.5) is 10.7 Å². The van der Waals surface area contributed by atoms with E-state index >= 15 is 0 Å². The zero-order valence-corrected chi connectivity index (χ0v) is 11.6. The minimum absolute atomic E-state index is 0.0169. The van der Waals surface area contributed by atoms with Gasteiger partial charge in [0.05, 0.1) is 10.7 Å². The van der Waals surface area contributed by atoms with Crippen molar-refractivity contribution in [1.82, 2.24) is 4.90 Å². The summed E-state index contributed by atoms with van der Waals surface area (Å²) in [4.78, 5) is 14.4. The van der Waals surface area contributed by atoms with Crippen molar-refractivity contribution in [3.8, 4) is 0 Å². The molecule has 2 fully saturated rings. The molecule has 0 aliphatic heterocycles. The van der Waals surface area contributed by atoms with Gasteiger partial charge in [0.2, 0.25) is 0 Å². The molecule has 0 atom stereocenters. The summed E-state index contributed by atoms with van der Waals surface area (Å²) >= 11 is 1.53. The van der Waals surface area contributed by atoms with Crippen LogP contribution in [0.5, 0.6) is 0 Å². The number of rotatable bonds is 4. The number of amides is 1. The Kier molecular flexibility index (Phi) is 2.73. The molecule has 18 heavy (non-hydrogen) atoms. The molecule has 0 unspecified atom stereocenters. The topological polar surface area (TPSA) is 58.4 Å². The molecule has 3 N–H and O–H groups in total. The quantitative estimate of drug-likeness (QED) is 0.879. The Morgan fingerprint density at radius 3 is 2.50 bits per heavy atom. The Balaban J connectivity index is 1.96. The van der Waals surface area contributed by atoms with E-state index in [0.717, 1.165) is 5.00 Å². The summed E-state index contributed by atoms with van der Waals surface area (Å²) in [5, 5.41) is 4.67. The van der Waals surface area contributed by atoms with Crippen molar-refractivity contribution < 1.29 is 4.79 Å². The molecule has 2 aliphatic rings. The summed E-state index contributed by atoms with van der Waals surface area (Å²) in [6.07, 6.45) is 4.88. The first-order chi connectivity index (χ1) is 8.58. The van der Waals surface area contributed by atoms with Gasteiger partial charge in [0.1, 0.15) is 4.88 Å².